The first-order valence-corrected chi connectivity index (χ1v) is 9.93. The van der Waals surface area contributed by atoms with Gasteiger partial charge in [-0.05, 0) is 43.5 Å². The molecule has 0 aliphatic carbocycles. The van der Waals surface area contributed by atoms with Crippen LogP contribution in [0.25, 0.3) is 0 Å². The van der Waals surface area contributed by atoms with Gasteiger partial charge in [0, 0.05) is 25.3 Å². The van der Waals surface area contributed by atoms with E-state index in [1.165, 1.54) is 0 Å². The molecule has 0 spiro atoms. The monoisotopic (exact) mass is 384 g/mol. The summed E-state index contributed by atoms with van der Waals surface area (Å²) in [5.74, 6) is 0.512. The molecule has 1 aromatic carbocycles. The van der Waals surface area contributed by atoms with Crippen LogP contribution in [0.15, 0.2) is 53.1 Å². The maximum Gasteiger partial charge on any atom is 0.254 e. The average Bonchev–Trinajstić information content (AvgIpc) is 3.41. The zero-order chi connectivity index (χ0) is 19.8. The first kappa shape index (κ1) is 20.1. The Labute approximate surface area is 166 Å². The Morgan fingerprint density at radius 1 is 1.11 bits per heavy atom. The van der Waals surface area contributed by atoms with Crippen LogP contribution in [0.2, 0.25) is 0 Å². The zero-order valence-corrected chi connectivity index (χ0v) is 16.4. The lowest BCUT2D eigenvalue weighted by molar-refractivity contribution is -0.134. The van der Waals surface area contributed by atoms with Gasteiger partial charge in [0.25, 0.3) is 5.91 Å². The summed E-state index contributed by atoms with van der Waals surface area (Å²) in [6, 6.07) is 12.8. The van der Waals surface area contributed by atoms with Crippen LogP contribution in [0.5, 0.6) is 0 Å². The number of rotatable bonds is 9. The summed E-state index contributed by atoms with van der Waals surface area (Å²) < 4.78 is 11.1. The molecule has 1 fully saturated rings. The number of carbonyl (C=O) groups excluding carboxylic acids is 2. The van der Waals surface area contributed by atoms with E-state index < -0.39 is 0 Å². The molecule has 2 heterocycles. The maximum absolute atomic E-state index is 13.1. The largest absolute Gasteiger partial charge is 0.467 e. The van der Waals surface area contributed by atoms with E-state index in [9.17, 15) is 9.59 Å². The first-order chi connectivity index (χ1) is 13.7. The van der Waals surface area contributed by atoms with E-state index in [1.54, 1.807) is 28.2 Å². The Balaban J connectivity index is 1.70. The first-order valence-electron chi connectivity index (χ1n) is 9.93. The van der Waals surface area contributed by atoms with Crippen LogP contribution >= 0.6 is 0 Å². The SMILES string of the molecule is CCCN(CC(=O)N(Cc1ccco1)CC1CCCO1)C(=O)c1ccccc1. The van der Waals surface area contributed by atoms with Crippen LogP contribution in [-0.2, 0) is 16.1 Å². The summed E-state index contributed by atoms with van der Waals surface area (Å²) in [6.45, 7) is 4.22. The van der Waals surface area contributed by atoms with Gasteiger partial charge >= 0.3 is 0 Å². The number of carbonyl (C=O) groups is 2. The van der Waals surface area contributed by atoms with E-state index in [4.69, 9.17) is 9.15 Å². The van der Waals surface area contributed by atoms with Gasteiger partial charge in [-0.15, -0.1) is 0 Å². The molecule has 6 heteroatoms. The van der Waals surface area contributed by atoms with Crippen molar-refractivity contribution in [2.24, 2.45) is 0 Å². The predicted molar refractivity (Wildman–Crippen MR) is 106 cm³/mol. The van der Waals surface area contributed by atoms with Crippen LogP contribution < -0.4 is 0 Å². The molecule has 0 saturated carbocycles. The number of benzene rings is 1. The molecule has 1 saturated heterocycles. The summed E-state index contributed by atoms with van der Waals surface area (Å²) in [5, 5.41) is 0. The van der Waals surface area contributed by atoms with Gasteiger partial charge in [-0.2, -0.15) is 0 Å². The second kappa shape index (κ2) is 10.1. The highest BCUT2D eigenvalue weighted by atomic mass is 16.5. The Hall–Kier alpha value is -2.60. The average molecular weight is 384 g/mol. The minimum Gasteiger partial charge on any atom is -0.467 e. The molecule has 28 heavy (non-hydrogen) atoms. The van der Waals surface area contributed by atoms with Crippen molar-refractivity contribution in [1.29, 1.82) is 0 Å². The van der Waals surface area contributed by atoms with Gasteiger partial charge in [-0.3, -0.25) is 9.59 Å². The second-order valence-corrected chi connectivity index (χ2v) is 7.08. The molecular formula is C22H28N2O4. The van der Waals surface area contributed by atoms with E-state index in [0.717, 1.165) is 31.6 Å². The summed E-state index contributed by atoms with van der Waals surface area (Å²) in [7, 11) is 0. The normalized spacial score (nSPS) is 16.1. The van der Waals surface area contributed by atoms with E-state index in [2.05, 4.69) is 0 Å². The Bertz CT molecular complexity index is 739. The smallest absolute Gasteiger partial charge is 0.254 e. The predicted octanol–water partition coefficient (Wildman–Crippen LogP) is 3.34. The molecule has 6 nitrogen and oxygen atoms in total. The fraction of sp³-hybridized carbons (Fsp3) is 0.455. The quantitative estimate of drug-likeness (QED) is 0.665. The van der Waals surface area contributed by atoms with E-state index >= 15 is 0 Å². The summed E-state index contributed by atoms with van der Waals surface area (Å²) in [5.41, 5.74) is 0.598. The van der Waals surface area contributed by atoms with Crippen LogP contribution in [0.3, 0.4) is 0 Å². The number of hydrogen-bond acceptors (Lipinski definition) is 4. The maximum atomic E-state index is 13.1. The molecule has 2 aromatic rings. The van der Waals surface area contributed by atoms with Crippen molar-refractivity contribution in [3.8, 4) is 0 Å². The lowest BCUT2D eigenvalue weighted by Crippen LogP contribution is -2.45. The highest BCUT2D eigenvalue weighted by Crippen LogP contribution is 2.16. The molecule has 3 rings (SSSR count). The van der Waals surface area contributed by atoms with Crippen molar-refractivity contribution >= 4 is 11.8 Å². The molecule has 1 unspecified atom stereocenters. The minimum atomic E-state index is -0.120. The Morgan fingerprint density at radius 2 is 1.93 bits per heavy atom. The Kier molecular flexibility index (Phi) is 7.25. The third-order valence-corrected chi connectivity index (χ3v) is 4.86. The molecule has 1 atom stereocenters. The van der Waals surface area contributed by atoms with Crippen molar-refractivity contribution < 1.29 is 18.7 Å². The summed E-state index contributed by atoms with van der Waals surface area (Å²) >= 11 is 0. The standard InChI is InChI=1S/C22H28N2O4/c1-2-12-23(22(26)18-8-4-3-5-9-18)17-21(25)24(15-19-10-6-13-27-19)16-20-11-7-14-28-20/h3-6,8-10,13,20H,2,7,11-12,14-17H2,1H3. The van der Waals surface area contributed by atoms with Crippen LogP contribution in [-0.4, -0.2) is 54.0 Å². The third-order valence-electron chi connectivity index (χ3n) is 4.86. The topological polar surface area (TPSA) is 63.0 Å². The molecule has 0 radical (unpaired) electrons. The van der Waals surface area contributed by atoms with E-state index in [1.807, 2.05) is 37.3 Å². The van der Waals surface area contributed by atoms with Crippen LogP contribution in [0.4, 0.5) is 0 Å². The fourth-order valence-corrected chi connectivity index (χ4v) is 3.43. The van der Waals surface area contributed by atoms with E-state index in [-0.39, 0.29) is 24.5 Å². The molecule has 1 aliphatic rings. The molecule has 150 valence electrons. The molecule has 1 aromatic heterocycles. The van der Waals surface area contributed by atoms with Crippen molar-refractivity contribution in [3.63, 3.8) is 0 Å². The minimum absolute atomic E-state index is 0.0448. The van der Waals surface area contributed by atoms with Gasteiger partial charge in [0.05, 0.1) is 18.9 Å². The highest BCUT2D eigenvalue weighted by Gasteiger charge is 2.26. The third kappa shape index (κ3) is 5.45. The van der Waals surface area contributed by atoms with Gasteiger partial charge in [0.2, 0.25) is 5.91 Å². The number of ether oxygens (including phenoxy) is 1. The lowest BCUT2D eigenvalue weighted by Gasteiger charge is -2.28. The molecule has 1 aliphatic heterocycles. The molecule has 2 amide bonds. The summed E-state index contributed by atoms with van der Waals surface area (Å²) in [4.78, 5) is 29.4. The number of amides is 2. The van der Waals surface area contributed by atoms with Gasteiger partial charge in [0.15, 0.2) is 0 Å². The van der Waals surface area contributed by atoms with Crippen LogP contribution in [0, 0.1) is 0 Å². The number of nitrogens with zero attached hydrogens (tertiary/aromatic N) is 2. The molecule has 0 bridgehead atoms. The van der Waals surface area contributed by atoms with Gasteiger partial charge in [-0.25, -0.2) is 0 Å². The summed E-state index contributed by atoms with van der Waals surface area (Å²) in [6.07, 6.45) is 4.40. The lowest BCUT2D eigenvalue weighted by atomic mass is 10.2. The highest BCUT2D eigenvalue weighted by molar-refractivity contribution is 5.96. The zero-order valence-electron chi connectivity index (χ0n) is 16.4. The van der Waals surface area contributed by atoms with Crippen molar-refractivity contribution in [2.75, 3.05) is 26.2 Å². The second-order valence-electron chi connectivity index (χ2n) is 7.08. The van der Waals surface area contributed by atoms with Crippen LogP contribution in [0.1, 0.15) is 42.3 Å². The van der Waals surface area contributed by atoms with Crippen molar-refractivity contribution in [2.45, 2.75) is 38.8 Å². The van der Waals surface area contributed by atoms with E-state index in [0.29, 0.717) is 25.2 Å². The van der Waals surface area contributed by atoms with Crippen molar-refractivity contribution in [3.05, 3.63) is 60.1 Å². The number of hydrogen-bond donors (Lipinski definition) is 0. The van der Waals surface area contributed by atoms with Gasteiger partial charge < -0.3 is 19.0 Å². The van der Waals surface area contributed by atoms with Gasteiger partial charge in [0.1, 0.15) is 12.3 Å². The molecule has 0 N–H and O–H groups in total. The number of furan rings is 1. The Morgan fingerprint density at radius 3 is 2.57 bits per heavy atom. The van der Waals surface area contributed by atoms with Gasteiger partial charge in [-0.1, -0.05) is 25.1 Å². The molecular weight excluding hydrogens is 356 g/mol. The fourth-order valence-electron chi connectivity index (χ4n) is 3.43. The van der Waals surface area contributed by atoms with Crippen molar-refractivity contribution in [1.82, 2.24) is 9.80 Å².